The Morgan fingerprint density at radius 2 is 1.78 bits per heavy atom. The van der Waals surface area contributed by atoms with Crippen molar-refractivity contribution in [2.24, 2.45) is 0 Å². The maximum atomic E-state index is 12.0. The van der Waals surface area contributed by atoms with E-state index in [1.54, 1.807) is 19.2 Å². The predicted molar refractivity (Wildman–Crippen MR) is 144 cm³/mol. The Kier molecular flexibility index (Phi) is 7.94. The van der Waals surface area contributed by atoms with Crippen molar-refractivity contribution in [3.8, 4) is 28.1 Å². The molecule has 2 aromatic carbocycles. The number of hydrogen-bond donors (Lipinski definition) is 1. The fraction of sp³-hybridized carbons (Fsp3) is 0.400. The molecule has 0 atom stereocenters. The smallest absolute Gasteiger partial charge is 0.339 e. The van der Waals surface area contributed by atoms with E-state index in [0.717, 1.165) is 35.5 Å². The summed E-state index contributed by atoms with van der Waals surface area (Å²) >= 11 is 0. The van der Waals surface area contributed by atoms with Gasteiger partial charge in [-0.25, -0.2) is 4.79 Å². The third-order valence-electron chi connectivity index (χ3n) is 6.46. The number of aliphatic hydroxyl groups excluding tert-OH is 1. The minimum absolute atomic E-state index is 0.0256. The van der Waals surface area contributed by atoms with Crippen molar-refractivity contribution in [3.63, 3.8) is 0 Å². The Morgan fingerprint density at radius 3 is 2.42 bits per heavy atom. The van der Waals surface area contributed by atoms with E-state index in [1.807, 2.05) is 18.2 Å². The van der Waals surface area contributed by atoms with E-state index in [0.29, 0.717) is 17.9 Å². The van der Waals surface area contributed by atoms with Gasteiger partial charge in [-0.05, 0) is 78.8 Å². The molecule has 6 heteroatoms. The predicted octanol–water partition coefficient (Wildman–Crippen LogP) is 5.86. The zero-order chi connectivity index (χ0) is 25.7. The average Bonchev–Trinajstić information content (AvgIpc) is 3.42. The summed E-state index contributed by atoms with van der Waals surface area (Å²) in [5, 5.41) is 9.36. The normalized spacial score (nSPS) is 13.6. The number of ether oxygens (including phenoxy) is 2. The number of pyridine rings is 1. The highest BCUT2D eigenvalue weighted by atomic mass is 16.5. The maximum Gasteiger partial charge on any atom is 0.339 e. The lowest BCUT2D eigenvalue weighted by atomic mass is 9.83. The van der Waals surface area contributed by atoms with Crippen molar-refractivity contribution < 1.29 is 19.4 Å². The number of aromatic nitrogens is 1. The average molecular weight is 489 g/mol. The summed E-state index contributed by atoms with van der Waals surface area (Å²) in [6.07, 6.45) is 4.01. The van der Waals surface area contributed by atoms with Crippen molar-refractivity contribution in [1.82, 2.24) is 4.98 Å². The third-order valence-corrected chi connectivity index (χ3v) is 6.46. The van der Waals surface area contributed by atoms with Crippen LogP contribution in [0.25, 0.3) is 22.4 Å². The van der Waals surface area contributed by atoms with Crippen LogP contribution in [0.4, 0.5) is 5.69 Å². The first-order chi connectivity index (χ1) is 17.3. The number of anilines is 1. The summed E-state index contributed by atoms with van der Waals surface area (Å²) in [4.78, 5) is 19.0. The lowest BCUT2D eigenvalue weighted by Crippen LogP contribution is -2.23. The maximum absolute atomic E-state index is 12.0. The van der Waals surface area contributed by atoms with E-state index in [4.69, 9.17) is 9.47 Å². The summed E-state index contributed by atoms with van der Waals surface area (Å²) in [7, 11) is 0. The largest absolute Gasteiger partial charge is 0.491 e. The Morgan fingerprint density at radius 1 is 1.03 bits per heavy atom. The molecule has 1 saturated heterocycles. The molecule has 0 radical (unpaired) electrons. The molecular weight excluding hydrogens is 452 g/mol. The summed E-state index contributed by atoms with van der Waals surface area (Å²) in [5.74, 6) is 0.336. The van der Waals surface area contributed by atoms with Gasteiger partial charge < -0.3 is 19.5 Å². The van der Waals surface area contributed by atoms with Gasteiger partial charge in [0.05, 0.1) is 24.5 Å². The molecule has 1 aliphatic heterocycles. The van der Waals surface area contributed by atoms with Gasteiger partial charge in [0.25, 0.3) is 0 Å². The first-order valence-electron chi connectivity index (χ1n) is 12.7. The van der Waals surface area contributed by atoms with Crippen molar-refractivity contribution in [1.29, 1.82) is 0 Å². The number of esters is 1. The minimum atomic E-state index is -0.377. The second kappa shape index (κ2) is 11.1. The zero-order valence-corrected chi connectivity index (χ0v) is 21.7. The molecule has 0 unspecified atom stereocenters. The SMILES string of the molecule is CCOC(=O)c1ccc(-c2ccc(OCCO)c(-c3ccc(N4CCCC4)c(C(C)(C)C)c3)c2)nc1. The highest BCUT2D eigenvalue weighted by molar-refractivity contribution is 5.89. The number of rotatable bonds is 8. The molecule has 1 N–H and O–H groups in total. The molecule has 2 heterocycles. The van der Waals surface area contributed by atoms with Gasteiger partial charge in [0.15, 0.2) is 0 Å². The number of nitrogens with zero attached hydrogens (tertiary/aromatic N) is 2. The van der Waals surface area contributed by atoms with Crippen molar-refractivity contribution >= 4 is 11.7 Å². The van der Waals surface area contributed by atoms with Crippen LogP contribution >= 0.6 is 0 Å². The molecule has 1 aliphatic rings. The third kappa shape index (κ3) is 5.71. The molecule has 0 amide bonds. The van der Waals surface area contributed by atoms with Crippen molar-refractivity contribution in [2.75, 3.05) is 37.8 Å². The number of aliphatic hydroxyl groups is 1. The van der Waals surface area contributed by atoms with Gasteiger partial charge in [-0.3, -0.25) is 4.98 Å². The van der Waals surface area contributed by atoms with Crippen LogP contribution in [0, 0.1) is 0 Å². The molecule has 0 bridgehead atoms. The van der Waals surface area contributed by atoms with E-state index >= 15 is 0 Å². The molecule has 190 valence electrons. The molecule has 36 heavy (non-hydrogen) atoms. The number of hydrogen-bond acceptors (Lipinski definition) is 6. The summed E-state index contributed by atoms with van der Waals surface area (Å²) in [5.41, 5.74) is 6.67. The summed E-state index contributed by atoms with van der Waals surface area (Å²) in [6.45, 7) is 11.2. The second-order valence-corrected chi connectivity index (χ2v) is 10.1. The Balaban J connectivity index is 1.76. The monoisotopic (exact) mass is 488 g/mol. The van der Waals surface area contributed by atoms with Gasteiger partial charge in [0, 0.05) is 36.1 Å². The molecule has 0 spiro atoms. The topological polar surface area (TPSA) is 71.9 Å². The molecule has 1 aromatic heterocycles. The molecular formula is C30H36N2O4. The van der Waals surface area contributed by atoms with Crippen molar-refractivity contribution in [3.05, 3.63) is 65.9 Å². The Hall–Kier alpha value is -3.38. The van der Waals surface area contributed by atoms with Crippen LogP contribution in [0.1, 0.15) is 56.5 Å². The first-order valence-corrected chi connectivity index (χ1v) is 12.7. The lowest BCUT2D eigenvalue weighted by molar-refractivity contribution is 0.0526. The molecule has 0 aliphatic carbocycles. The minimum Gasteiger partial charge on any atom is -0.491 e. The van der Waals surface area contributed by atoms with E-state index in [2.05, 4.69) is 54.9 Å². The van der Waals surface area contributed by atoms with E-state index in [9.17, 15) is 9.90 Å². The molecule has 3 aromatic rings. The molecule has 4 rings (SSSR count). The van der Waals surface area contributed by atoms with Crippen LogP contribution in [0.15, 0.2) is 54.7 Å². The van der Waals surface area contributed by atoms with Crippen LogP contribution in [0.2, 0.25) is 0 Å². The Labute approximate surface area is 213 Å². The van der Waals surface area contributed by atoms with Gasteiger partial charge in [-0.15, -0.1) is 0 Å². The first kappa shape index (κ1) is 25.7. The molecule has 0 saturated carbocycles. The van der Waals surface area contributed by atoms with E-state index in [1.165, 1.54) is 24.1 Å². The van der Waals surface area contributed by atoms with Crippen LogP contribution in [0.3, 0.4) is 0 Å². The fourth-order valence-corrected chi connectivity index (χ4v) is 4.63. The van der Waals surface area contributed by atoms with Gasteiger partial charge in [0.2, 0.25) is 0 Å². The van der Waals surface area contributed by atoms with Crippen LogP contribution in [-0.2, 0) is 10.2 Å². The van der Waals surface area contributed by atoms with Crippen LogP contribution in [0.5, 0.6) is 5.75 Å². The molecule has 6 nitrogen and oxygen atoms in total. The van der Waals surface area contributed by atoms with Gasteiger partial charge in [0.1, 0.15) is 12.4 Å². The lowest BCUT2D eigenvalue weighted by Gasteiger charge is -2.29. The van der Waals surface area contributed by atoms with Crippen molar-refractivity contribution in [2.45, 2.75) is 46.0 Å². The van der Waals surface area contributed by atoms with Gasteiger partial charge in [-0.1, -0.05) is 26.8 Å². The Bertz CT molecular complexity index is 1190. The van der Waals surface area contributed by atoms with Gasteiger partial charge >= 0.3 is 5.97 Å². The summed E-state index contributed by atoms with van der Waals surface area (Å²) in [6, 6.07) is 16.2. The number of carbonyl (C=O) groups is 1. The van der Waals surface area contributed by atoms with E-state index in [-0.39, 0.29) is 24.6 Å². The van der Waals surface area contributed by atoms with Gasteiger partial charge in [-0.2, -0.15) is 0 Å². The quantitative estimate of drug-likeness (QED) is 0.401. The highest BCUT2D eigenvalue weighted by Crippen LogP contribution is 2.40. The van der Waals surface area contributed by atoms with E-state index < -0.39 is 0 Å². The zero-order valence-electron chi connectivity index (χ0n) is 21.7. The van der Waals surface area contributed by atoms with Crippen LogP contribution < -0.4 is 9.64 Å². The highest BCUT2D eigenvalue weighted by Gasteiger charge is 2.24. The summed E-state index contributed by atoms with van der Waals surface area (Å²) < 4.78 is 11.0. The number of carbonyl (C=O) groups excluding carboxylic acids is 1. The fourth-order valence-electron chi connectivity index (χ4n) is 4.63. The standard InChI is InChI=1S/C30H36N2O4/c1-5-35-29(34)23-8-11-26(31-20-23)22-10-13-28(36-17-16-33)24(18-22)21-9-12-27(32-14-6-7-15-32)25(19-21)30(2,3)4/h8-13,18-20,33H,5-7,14-17H2,1-4H3. The second-order valence-electron chi connectivity index (χ2n) is 10.1. The van der Waals surface area contributed by atoms with Crippen LogP contribution in [-0.4, -0.2) is 49.0 Å². The number of benzene rings is 2. The molecule has 1 fully saturated rings.